The van der Waals surface area contributed by atoms with Crippen LogP contribution >= 0.6 is 0 Å². The van der Waals surface area contributed by atoms with E-state index in [1.165, 1.54) is 0 Å². The number of hydrogen-bond acceptors (Lipinski definition) is 2. The summed E-state index contributed by atoms with van der Waals surface area (Å²) in [5, 5.41) is 12.4. The van der Waals surface area contributed by atoms with Crippen LogP contribution in [0.3, 0.4) is 0 Å². The summed E-state index contributed by atoms with van der Waals surface area (Å²) in [5.41, 5.74) is 2.38. The zero-order valence-electron chi connectivity index (χ0n) is 12.7. The molecule has 0 radical (unpaired) electrons. The van der Waals surface area contributed by atoms with E-state index in [0.717, 1.165) is 11.1 Å². The lowest BCUT2D eigenvalue weighted by Gasteiger charge is -2.17. The Kier molecular flexibility index (Phi) is 4.60. The summed E-state index contributed by atoms with van der Waals surface area (Å²) in [4.78, 5) is 13.9. The molecule has 4 nitrogen and oxygen atoms in total. The van der Waals surface area contributed by atoms with E-state index in [-0.39, 0.29) is 6.03 Å². The topological polar surface area (TPSA) is 52.6 Å². The number of aliphatic hydroxyl groups excluding tert-OH is 1. The van der Waals surface area contributed by atoms with Crippen molar-refractivity contribution in [3.63, 3.8) is 0 Å². The van der Waals surface area contributed by atoms with E-state index in [4.69, 9.17) is 0 Å². The van der Waals surface area contributed by atoms with Gasteiger partial charge in [-0.3, -0.25) is 0 Å². The lowest BCUT2D eigenvalue weighted by molar-refractivity contribution is 0.176. The van der Waals surface area contributed by atoms with Gasteiger partial charge in [-0.2, -0.15) is 0 Å². The van der Waals surface area contributed by atoms with E-state index in [9.17, 15) is 9.90 Å². The molecule has 0 spiro atoms. The number of para-hydroxylation sites is 1. The highest BCUT2D eigenvalue weighted by molar-refractivity contribution is 5.91. The van der Waals surface area contributed by atoms with E-state index in [0.29, 0.717) is 25.2 Å². The van der Waals surface area contributed by atoms with Gasteiger partial charge in [0.05, 0.1) is 11.8 Å². The predicted octanol–water partition coefficient (Wildman–Crippen LogP) is 2.68. The molecule has 0 saturated carbocycles. The maximum atomic E-state index is 12.2. The first kappa shape index (κ1) is 15.1. The van der Waals surface area contributed by atoms with Gasteiger partial charge in [-0.25, -0.2) is 4.79 Å². The van der Waals surface area contributed by atoms with E-state index < -0.39 is 6.10 Å². The number of nitrogens with one attached hydrogen (secondary N) is 1. The normalized spacial score (nSPS) is 16.6. The second kappa shape index (κ2) is 6.99. The van der Waals surface area contributed by atoms with E-state index in [1.54, 1.807) is 4.90 Å². The molecule has 23 heavy (non-hydrogen) atoms. The van der Waals surface area contributed by atoms with E-state index >= 15 is 0 Å². The molecule has 3 rings (SSSR count). The minimum absolute atomic E-state index is 0.199. The first-order valence-electron chi connectivity index (χ1n) is 7.62. The summed E-state index contributed by atoms with van der Waals surface area (Å²) in [6, 6.07) is 17.0. The van der Waals surface area contributed by atoms with E-state index in [1.807, 2.05) is 54.6 Å². The van der Waals surface area contributed by atoms with Gasteiger partial charge in [-0.1, -0.05) is 42.2 Å². The number of carbonyl (C=O) groups excluding carboxylic acids is 1. The Bertz CT molecular complexity index is 747. The number of rotatable bonds is 1. The van der Waals surface area contributed by atoms with Crippen LogP contribution in [0.4, 0.5) is 10.5 Å². The SMILES string of the molecule is O=C(Nc1ccccc1C#Cc1ccccc1)N1CC[C@H](O)C1. The fourth-order valence-electron chi connectivity index (χ4n) is 2.48. The molecule has 2 aromatic rings. The average molecular weight is 306 g/mol. The highest BCUT2D eigenvalue weighted by Gasteiger charge is 2.24. The molecule has 1 atom stereocenters. The Hall–Kier alpha value is -2.77. The van der Waals surface area contributed by atoms with Gasteiger partial charge in [0.2, 0.25) is 0 Å². The number of benzene rings is 2. The van der Waals surface area contributed by atoms with Crippen molar-refractivity contribution in [1.29, 1.82) is 0 Å². The summed E-state index contributed by atoms with van der Waals surface area (Å²) in [6.45, 7) is 0.953. The number of nitrogens with zero attached hydrogens (tertiary/aromatic N) is 1. The van der Waals surface area contributed by atoms with Crippen LogP contribution in [0.15, 0.2) is 54.6 Å². The molecule has 0 aromatic heterocycles. The number of hydrogen-bond donors (Lipinski definition) is 2. The molecular formula is C19H18N2O2. The molecule has 2 aromatic carbocycles. The van der Waals surface area contributed by atoms with Crippen LogP contribution < -0.4 is 5.32 Å². The number of likely N-dealkylation sites (tertiary alicyclic amines) is 1. The lowest BCUT2D eigenvalue weighted by Crippen LogP contribution is -2.33. The van der Waals surface area contributed by atoms with Crippen molar-refractivity contribution in [2.75, 3.05) is 18.4 Å². The van der Waals surface area contributed by atoms with Crippen LogP contribution in [0, 0.1) is 11.8 Å². The lowest BCUT2D eigenvalue weighted by atomic mass is 10.1. The van der Waals surface area contributed by atoms with Crippen molar-refractivity contribution in [3.8, 4) is 11.8 Å². The molecular weight excluding hydrogens is 288 g/mol. The maximum Gasteiger partial charge on any atom is 0.321 e. The molecule has 1 heterocycles. The van der Waals surface area contributed by atoms with Gasteiger partial charge in [-0.15, -0.1) is 0 Å². The zero-order chi connectivity index (χ0) is 16.1. The molecule has 1 aliphatic rings. The third-order valence-electron chi connectivity index (χ3n) is 3.73. The maximum absolute atomic E-state index is 12.2. The number of amides is 2. The van der Waals surface area contributed by atoms with Crippen molar-refractivity contribution in [1.82, 2.24) is 4.90 Å². The first-order chi connectivity index (χ1) is 11.2. The number of aliphatic hydroxyl groups is 1. The zero-order valence-corrected chi connectivity index (χ0v) is 12.7. The monoisotopic (exact) mass is 306 g/mol. The van der Waals surface area contributed by atoms with Crippen LogP contribution in [0.25, 0.3) is 0 Å². The molecule has 0 unspecified atom stereocenters. The van der Waals surface area contributed by atoms with Gasteiger partial charge in [0, 0.05) is 24.2 Å². The molecule has 2 amide bonds. The van der Waals surface area contributed by atoms with Gasteiger partial charge in [0.25, 0.3) is 0 Å². The fraction of sp³-hybridized carbons (Fsp3) is 0.211. The largest absolute Gasteiger partial charge is 0.391 e. The van der Waals surface area contributed by atoms with Crippen molar-refractivity contribution >= 4 is 11.7 Å². The van der Waals surface area contributed by atoms with Gasteiger partial charge < -0.3 is 15.3 Å². The molecule has 0 aliphatic carbocycles. The van der Waals surface area contributed by atoms with Gasteiger partial charge >= 0.3 is 6.03 Å². The highest BCUT2D eigenvalue weighted by atomic mass is 16.3. The summed E-state index contributed by atoms with van der Waals surface area (Å²) in [5.74, 6) is 6.20. The second-order valence-electron chi connectivity index (χ2n) is 5.48. The van der Waals surface area contributed by atoms with Crippen molar-refractivity contribution < 1.29 is 9.90 Å². The van der Waals surface area contributed by atoms with E-state index in [2.05, 4.69) is 17.2 Å². The van der Waals surface area contributed by atoms with Crippen LogP contribution in [0.2, 0.25) is 0 Å². The Morgan fingerprint density at radius 3 is 2.57 bits per heavy atom. The number of urea groups is 1. The number of anilines is 1. The Labute approximate surface area is 135 Å². The number of β-amino-alcohol motifs (C(OH)–C–C–N with tert-alkyl or cyclic N) is 1. The minimum atomic E-state index is -0.422. The third-order valence-corrected chi connectivity index (χ3v) is 3.73. The van der Waals surface area contributed by atoms with Crippen LogP contribution in [0.1, 0.15) is 17.5 Å². The minimum Gasteiger partial charge on any atom is -0.391 e. The van der Waals surface area contributed by atoms with Crippen LogP contribution in [-0.2, 0) is 0 Å². The Morgan fingerprint density at radius 2 is 1.83 bits per heavy atom. The number of carbonyl (C=O) groups is 1. The summed E-state index contributed by atoms with van der Waals surface area (Å²) in [7, 11) is 0. The molecule has 1 aliphatic heterocycles. The fourth-order valence-corrected chi connectivity index (χ4v) is 2.48. The van der Waals surface area contributed by atoms with Crippen LogP contribution in [-0.4, -0.2) is 35.2 Å². The van der Waals surface area contributed by atoms with Crippen molar-refractivity contribution in [3.05, 3.63) is 65.7 Å². The van der Waals surface area contributed by atoms with Gasteiger partial charge in [0.15, 0.2) is 0 Å². The standard InChI is InChI=1S/C19H18N2O2/c22-17-12-13-21(14-17)19(23)20-18-9-5-4-8-16(18)11-10-15-6-2-1-3-7-15/h1-9,17,22H,12-14H2,(H,20,23)/t17-/m0/s1. The second-order valence-corrected chi connectivity index (χ2v) is 5.48. The first-order valence-corrected chi connectivity index (χ1v) is 7.62. The molecule has 4 heteroatoms. The summed E-state index contributed by atoms with van der Waals surface area (Å²) >= 11 is 0. The molecule has 2 N–H and O–H groups in total. The van der Waals surface area contributed by atoms with Gasteiger partial charge in [-0.05, 0) is 30.7 Å². The third kappa shape index (κ3) is 3.91. The van der Waals surface area contributed by atoms with Crippen LogP contribution in [0.5, 0.6) is 0 Å². The molecule has 0 bridgehead atoms. The Balaban J connectivity index is 1.76. The summed E-state index contributed by atoms with van der Waals surface area (Å²) < 4.78 is 0. The molecule has 116 valence electrons. The van der Waals surface area contributed by atoms with Gasteiger partial charge in [0.1, 0.15) is 0 Å². The van der Waals surface area contributed by atoms with Crippen molar-refractivity contribution in [2.24, 2.45) is 0 Å². The molecule has 1 fully saturated rings. The smallest absolute Gasteiger partial charge is 0.321 e. The average Bonchev–Trinajstić information content (AvgIpc) is 3.02. The highest BCUT2D eigenvalue weighted by Crippen LogP contribution is 2.16. The quantitative estimate of drug-likeness (QED) is 0.796. The predicted molar refractivity (Wildman–Crippen MR) is 90.1 cm³/mol. The summed E-state index contributed by atoms with van der Waals surface area (Å²) in [6.07, 6.45) is 0.206. The Morgan fingerprint density at radius 1 is 1.09 bits per heavy atom. The molecule has 1 saturated heterocycles. The van der Waals surface area contributed by atoms with Crippen molar-refractivity contribution in [2.45, 2.75) is 12.5 Å².